The molecule has 0 spiro atoms. The lowest BCUT2D eigenvalue weighted by Gasteiger charge is -2.20. The second-order valence-corrected chi connectivity index (χ2v) is 9.36. The van der Waals surface area contributed by atoms with Crippen LogP contribution in [0.2, 0.25) is 0 Å². The first kappa shape index (κ1) is 24.6. The van der Waals surface area contributed by atoms with Gasteiger partial charge >= 0.3 is 5.97 Å². The summed E-state index contributed by atoms with van der Waals surface area (Å²) in [6.07, 6.45) is 8.10. The van der Waals surface area contributed by atoms with Crippen LogP contribution in [0, 0.1) is 0 Å². The normalized spacial score (nSPS) is 13.0. The molecule has 0 heterocycles. The average Bonchev–Trinajstić information content (AvgIpc) is 2.63. The van der Waals surface area contributed by atoms with Gasteiger partial charge in [-0.15, -0.1) is 0 Å². The van der Waals surface area contributed by atoms with Crippen molar-refractivity contribution < 1.29 is 23.4 Å². The van der Waals surface area contributed by atoms with E-state index in [1.807, 2.05) is 6.07 Å². The van der Waals surface area contributed by atoms with Gasteiger partial charge in [-0.05, 0) is 50.2 Å². The Kier molecular flexibility index (Phi) is 11.3. The molecule has 6 nitrogen and oxygen atoms in total. The fraction of sp³-hybridized carbons (Fsp3) is 0.667. The predicted octanol–water partition coefficient (Wildman–Crippen LogP) is 3.69. The van der Waals surface area contributed by atoms with E-state index in [-0.39, 0.29) is 6.10 Å². The summed E-state index contributed by atoms with van der Waals surface area (Å²) >= 11 is 0. The lowest BCUT2D eigenvalue weighted by molar-refractivity contribution is 0.0695. The molecule has 1 aromatic carbocycles. The minimum atomic E-state index is -3.29. The largest absolute Gasteiger partial charge is 0.478 e. The Labute approximate surface area is 169 Å². The zero-order valence-corrected chi connectivity index (χ0v) is 18.0. The average molecular weight is 414 g/mol. The Bertz CT molecular complexity index is 690. The van der Waals surface area contributed by atoms with Gasteiger partial charge in [0, 0.05) is 13.1 Å². The highest BCUT2D eigenvalue weighted by Crippen LogP contribution is 2.14. The maximum atomic E-state index is 12.0. The molecule has 0 bridgehead atoms. The van der Waals surface area contributed by atoms with Crippen molar-refractivity contribution in [1.82, 2.24) is 4.31 Å². The number of aliphatic hydroxyl groups is 1. The molecule has 160 valence electrons. The fourth-order valence-electron chi connectivity index (χ4n) is 3.27. The molecule has 1 unspecified atom stereocenters. The minimum Gasteiger partial charge on any atom is -0.478 e. The van der Waals surface area contributed by atoms with E-state index >= 15 is 0 Å². The van der Waals surface area contributed by atoms with E-state index < -0.39 is 16.0 Å². The van der Waals surface area contributed by atoms with Crippen LogP contribution in [0.15, 0.2) is 24.3 Å². The fourth-order valence-corrected chi connectivity index (χ4v) is 4.19. The van der Waals surface area contributed by atoms with Gasteiger partial charge in [0.2, 0.25) is 10.0 Å². The third kappa shape index (κ3) is 9.66. The number of hydrogen-bond donors (Lipinski definition) is 2. The number of carbonyl (C=O) groups is 1. The number of aryl methyl sites for hydroxylation is 1. The summed E-state index contributed by atoms with van der Waals surface area (Å²) in [6, 6.07) is 6.91. The Hall–Kier alpha value is -1.44. The highest BCUT2D eigenvalue weighted by molar-refractivity contribution is 7.88. The number of rotatable bonds is 15. The molecule has 0 saturated heterocycles. The predicted molar refractivity (Wildman–Crippen MR) is 112 cm³/mol. The maximum Gasteiger partial charge on any atom is 0.335 e. The van der Waals surface area contributed by atoms with E-state index in [0.29, 0.717) is 44.3 Å². The van der Waals surface area contributed by atoms with E-state index in [9.17, 15) is 23.4 Å². The Morgan fingerprint density at radius 1 is 1.04 bits per heavy atom. The third-order valence-corrected chi connectivity index (χ3v) is 6.21. The summed E-state index contributed by atoms with van der Waals surface area (Å²) in [5.74, 6) is -0.939. The van der Waals surface area contributed by atoms with Gasteiger partial charge in [0.15, 0.2) is 0 Å². The van der Waals surface area contributed by atoms with Crippen LogP contribution in [0.4, 0.5) is 0 Å². The lowest BCUT2D eigenvalue weighted by atomic mass is 10.0. The summed E-state index contributed by atoms with van der Waals surface area (Å²) in [5, 5.41) is 19.2. The molecule has 0 saturated carbocycles. The van der Waals surface area contributed by atoms with Gasteiger partial charge in [-0.3, -0.25) is 0 Å². The Morgan fingerprint density at radius 2 is 1.68 bits per heavy atom. The SMILES string of the molecule is CCCCCC(O)CCCN(CCCCc1ccccc1C(=O)O)S(C)(=O)=O. The van der Waals surface area contributed by atoms with Crippen molar-refractivity contribution in [3.63, 3.8) is 0 Å². The number of aromatic carboxylic acids is 1. The first-order chi connectivity index (χ1) is 13.3. The molecule has 1 atom stereocenters. The molecule has 0 aliphatic carbocycles. The molecule has 0 aromatic heterocycles. The Morgan fingerprint density at radius 3 is 2.32 bits per heavy atom. The molecular formula is C21H35NO5S. The van der Waals surface area contributed by atoms with Gasteiger partial charge in [0.05, 0.1) is 17.9 Å². The summed E-state index contributed by atoms with van der Waals surface area (Å²) in [6.45, 7) is 2.95. The highest BCUT2D eigenvalue weighted by Gasteiger charge is 2.17. The number of carboxylic acid groups (broad SMARTS) is 1. The molecule has 0 amide bonds. The molecular weight excluding hydrogens is 378 g/mol. The smallest absolute Gasteiger partial charge is 0.335 e. The molecule has 7 heteroatoms. The van der Waals surface area contributed by atoms with Crippen LogP contribution < -0.4 is 0 Å². The van der Waals surface area contributed by atoms with Crippen LogP contribution in [0.3, 0.4) is 0 Å². The minimum absolute atomic E-state index is 0.305. The number of benzene rings is 1. The highest BCUT2D eigenvalue weighted by atomic mass is 32.2. The van der Waals surface area contributed by atoms with Crippen LogP contribution in [-0.2, 0) is 16.4 Å². The number of sulfonamides is 1. The van der Waals surface area contributed by atoms with Gasteiger partial charge in [0.1, 0.15) is 0 Å². The molecule has 0 radical (unpaired) electrons. The van der Waals surface area contributed by atoms with Gasteiger partial charge in [-0.1, -0.05) is 44.4 Å². The molecule has 0 fully saturated rings. The van der Waals surface area contributed by atoms with E-state index in [4.69, 9.17) is 0 Å². The first-order valence-corrected chi connectivity index (χ1v) is 12.0. The van der Waals surface area contributed by atoms with Gasteiger partial charge < -0.3 is 10.2 Å². The van der Waals surface area contributed by atoms with Crippen molar-refractivity contribution in [1.29, 1.82) is 0 Å². The second-order valence-electron chi connectivity index (χ2n) is 7.37. The van der Waals surface area contributed by atoms with Crippen molar-refractivity contribution in [3.8, 4) is 0 Å². The summed E-state index contributed by atoms with van der Waals surface area (Å²) in [7, 11) is -3.29. The van der Waals surface area contributed by atoms with Crippen LogP contribution in [-0.4, -0.2) is 54.4 Å². The lowest BCUT2D eigenvalue weighted by Crippen LogP contribution is -2.32. The summed E-state index contributed by atoms with van der Waals surface area (Å²) < 4.78 is 25.5. The van der Waals surface area contributed by atoms with Crippen LogP contribution in [0.1, 0.15) is 74.2 Å². The second kappa shape index (κ2) is 12.9. The van der Waals surface area contributed by atoms with Crippen molar-refractivity contribution in [2.75, 3.05) is 19.3 Å². The maximum absolute atomic E-state index is 12.0. The van der Waals surface area contributed by atoms with Crippen molar-refractivity contribution in [2.24, 2.45) is 0 Å². The zero-order chi connectivity index (χ0) is 21.0. The van der Waals surface area contributed by atoms with Gasteiger partial charge in [-0.25, -0.2) is 17.5 Å². The van der Waals surface area contributed by atoms with Crippen LogP contribution >= 0.6 is 0 Å². The topological polar surface area (TPSA) is 94.9 Å². The Balaban J connectivity index is 2.41. The zero-order valence-electron chi connectivity index (χ0n) is 17.1. The van der Waals surface area contributed by atoms with E-state index in [0.717, 1.165) is 37.7 Å². The standard InChI is InChI=1S/C21H35NO5S/c1-3-4-5-13-19(23)14-10-17-22(28(2,26)27)16-9-8-12-18-11-6-7-15-20(18)21(24)25/h6-7,11,15,19,23H,3-5,8-10,12-14,16-17H2,1-2H3,(H,24,25). The van der Waals surface area contributed by atoms with Crippen molar-refractivity contribution in [2.45, 2.75) is 70.8 Å². The summed E-state index contributed by atoms with van der Waals surface area (Å²) in [5.41, 5.74) is 1.08. The number of unbranched alkanes of at least 4 members (excludes halogenated alkanes) is 3. The third-order valence-electron chi connectivity index (χ3n) is 4.91. The van der Waals surface area contributed by atoms with Crippen LogP contribution in [0.5, 0.6) is 0 Å². The molecule has 2 N–H and O–H groups in total. The quantitative estimate of drug-likeness (QED) is 0.428. The number of carboxylic acids is 1. The molecule has 1 rings (SSSR count). The van der Waals surface area contributed by atoms with E-state index in [1.54, 1.807) is 18.2 Å². The molecule has 28 heavy (non-hydrogen) atoms. The van der Waals surface area contributed by atoms with E-state index in [1.165, 1.54) is 10.6 Å². The number of aliphatic hydroxyl groups excluding tert-OH is 1. The van der Waals surface area contributed by atoms with Crippen molar-refractivity contribution >= 4 is 16.0 Å². The van der Waals surface area contributed by atoms with Crippen molar-refractivity contribution in [3.05, 3.63) is 35.4 Å². The number of nitrogens with zero attached hydrogens (tertiary/aromatic N) is 1. The van der Waals surface area contributed by atoms with E-state index in [2.05, 4.69) is 6.92 Å². The van der Waals surface area contributed by atoms with Gasteiger partial charge in [-0.2, -0.15) is 0 Å². The molecule has 1 aromatic rings. The van der Waals surface area contributed by atoms with Gasteiger partial charge in [0.25, 0.3) is 0 Å². The monoisotopic (exact) mass is 413 g/mol. The summed E-state index contributed by atoms with van der Waals surface area (Å²) in [4.78, 5) is 11.2. The first-order valence-electron chi connectivity index (χ1n) is 10.2. The molecule has 0 aliphatic heterocycles. The van der Waals surface area contributed by atoms with Crippen LogP contribution in [0.25, 0.3) is 0 Å². The molecule has 0 aliphatic rings. The number of hydrogen-bond acceptors (Lipinski definition) is 4.